The van der Waals surface area contributed by atoms with E-state index in [2.05, 4.69) is 4.98 Å². The van der Waals surface area contributed by atoms with Crippen molar-refractivity contribution in [1.29, 1.82) is 0 Å². The van der Waals surface area contributed by atoms with Gasteiger partial charge in [0.1, 0.15) is 0 Å². The van der Waals surface area contributed by atoms with Crippen molar-refractivity contribution in [3.05, 3.63) is 65.5 Å². The molecule has 0 fully saturated rings. The number of halogens is 3. The lowest BCUT2D eigenvalue weighted by Crippen LogP contribution is -2.30. The van der Waals surface area contributed by atoms with Crippen LogP contribution in [0.1, 0.15) is 16.7 Å². The Bertz CT molecular complexity index is 617. The fourth-order valence-electron chi connectivity index (χ4n) is 2.52. The number of aliphatic hydroxyl groups excluding tert-OH is 1. The third kappa shape index (κ3) is 5.33. The Kier molecular flexibility index (Phi) is 5.74. The highest BCUT2D eigenvalue weighted by molar-refractivity contribution is 5.30. The summed E-state index contributed by atoms with van der Waals surface area (Å²) in [4.78, 5) is 5.87. The maximum absolute atomic E-state index is 12.9. The number of rotatable bonds is 6. The van der Waals surface area contributed by atoms with Crippen molar-refractivity contribution >= 4 is 0 Å². The molecule has 0 aliphatic rings. The normalized spacial score (nSPS) is 13.3. The minimum Gasteiger partial charge on any atom is -0.391 e. The summed E-state index contributed by atoms with van der Waals surface area (Å²) in [5.41, 5.74) is 0.411. The molecule has 1 atom stereocenters. The molecular formula is C17H19F3N2O. The van der Waals surface area contributed by atoms with Crippen LogP contribution in [0.2, 0.25) is 0 Å². The summed E-state index contributed by atoms with van der Waals surface area (Å²) in [7, 11) is 1.81. The van der Waals surface area contributed by atoms with Gasteiger partial charge in [0.05, 0.1) is 11.7 Å². The molecule has 0 saturated heterocycles. The van der Waals surface area contributed by atoms with Gasteiger partial charge in [0.15, 0.2) is 0 Å². The second kappa shape index (κ2) is 7.57. The zero-order valence-corrected chi connectivity index (χ0v) is 12.8. The van der Waals surface area contributed by atoms with E-state index in [0.29, 0.717) is 6.54 Å². The number of nitrogens with zero attached hydrogens (tertiary/aromatic N) is 2. The van der Waals surface area contributed by atoms with Crippen LogP contribution in [0.25, 0.3) is 0 Å². The van der Waals surface area contributed by atoms with Gasteiger partial charge in [-0.1, -0.05) is 24.3 Å². The van der Waals surface area contributed by atoms with Crippen molar-refractivity contribution in [3.8, 4) is 0 Å². The van der Waals surface area contributed by atoms with Crippen molar-refractivity contribution in [2.75, 3.05) is 13.6 Å². The summed E-state index contributed by atoms with van der Waals surface area (Å²) >= 11 is 0. The predicted molar refractivity (Wildman–Crippen MR) is 81.7 cm³/mol. The van der Waals surface area contributed by atoms with Gasteiger partial charge in [-0.25, -0.2) is 0 Å². The van der Waals surface area contributed by atoms with Crippen LogP contribution in [0.5, 0.6) is 0 Å². The molecule has 0 aliphatic heterocycles. The first-order valence-corrected chi connectivity index (χ1v) is 7.27. The van der Waals surface area contributed by atoms with Crippen LogP contribution >= 0.6 is 0 Å². The van der Waals surface area contributed by atoms with Crippen molar-refractivity contribution < 1.29 is 18.3 Å². The molecule has 6 heteroatoms. The smallest absolute Gasteiger partial charge is 0.391 e. The third-order valence-corrected chi connectivity index (χ3v) is 3.48. The van der Waals surface area contributed by atoms with Gasteiger partial charge < -0.3 is 5.11 Å². The van der Waals surface area contributed by atoms with Gasteiger partial charge in [0.25, 0.3) is 0 Å². The standard InChI is InChI=1S/C17H19F3N2O/c1-22(11-13-5-4-8-21-10-13)12-15(23)9-14-6-2-3-7-16(14)17(18,19)20/h2-8,10,15,23H,9,11-12H2,1H3. The van der Waals surface area contributed by atoms with Crippen molar-refractivity contribution in [1.82, 2.24) is 9.88 Å². The second-order valence-corrected chi connectivity index (χ2v) is 5.57. The van der Waals surface area contributed by atoms with Gasteiger partial charge in [0.2, 0.25) is 0 Å². The average molecular weight is 324 g/mol. The van der Waals surface area contributed by atoms with Crippen LogP contribution in [0.4, 0.5) is 13.2 Å². The zero-order chi connectivity index (χ0) is 16.9. The number of aliphatic hydroxyl groups is 1. The fourth-order valence-corrected chi connectivity index (χ4v) is 2.52. The van der Waals surface area contributed by atoms with E-state index in [-0.39, 0.29) is 18.5 Å². The van der Waals surface area contributed by atoms with Crippen molar-refractivity contribution in [2.24, 2.45) is 0 Å². The summed E-state index contributed by atoms with van der Waals surface area (Å²) in [6, 6.07) is 9.09. The van der Waals surface area contributed by atoms with E-state index in [0.717, 1.165) is 11.6 Å². The summed E-state index contributed by atoms with van der Waals surface area (Å²) < 4.78 is 38.8. The monoisotopic (exact) mass is 324 g/mol. The van der Waals surface area contributed by atoms with Gasteiger partial charge in [-0.15, -0.1) is 0 Å². The van der Waals surface area contributed by atoms with Crippen molar-refractivity contribution in [3.63, 3.8) is 0 Å². The Morgan fingerprint density at radius 2 is 1.91 bits per heavy atom. The highest BCUT2D eigenvalue weighted by Crippen LogP contribution is 2.32. The van der Waals surface area contributed by atoms with Gasteiger partial charge in [-0.3, -0.25) is 9.88 Å². The summed E-state index contributed by atoms with van der Waals surface area (Å²) in [5.74, 6) is 0. The molecule has 0 spiro atoms. The fraction of sp³-hybridized carbons (Fsp3) is 0.353. The summed E-state index contributed by atoms with van der Waals surface area (Å²) in [6.07, 6.45) is -1.92. The molecule has 23 heavy (non-hydrogen) atoms. The van der Waals surface area contributed by atoms with Crippen LogP contribution in [-0.4, -0.2) is 34.7 Å². The Morgan fingerprint density at radius 3 is 2.57 bits per heavy atom. The van der Waals surface area contributed by atoms with E-state index in [1.54, 1.807) is 18.5 Å². The molecule has 1 N–H and O–H groups in total. The minimum absolute atomic E-state index is 0.0347. The Morgan fingerprint density at radius 1 is 1.17 bits per heavy atom. The highest BCUT2D eigenvalue weighted by Gasteiger charge is 2.33. The topological polar surface area (TPSA) is 36.4 Å². The van der Waals surface area contributed by atoms with E-state index < -0.39 is 17.8 Å². The molecule has 0 saturated carbocycles. The first-order valence-electron chi connectivity index (χ1n) is 7.27. The number of hydrogen-bond donors (Lipinski definition) is 1. The molecule has 0 aliphatic carbocycles. The SMILES string of the molecule is CN(Cc1cccnc1)CC(O)Cc1ccccc1C(F)(F)F. The summed E-state index contributed by atoms with van der Waals surface area (Å²) in [6.45, 7) is 0.854. The van der Waals surface area contributed by atoms with Crippen LogP contribution in [0.15, 0.2) is 48.8 Å². The molecule has 0 radical (unpaired) electrons. The Balaban J connectivity index is 1.96. The lowest BCUT2D eigenvalue weighted by atomic mass is 10.0. The molecule has 3 nitrogen and oxygen atoms in total. The van der Waals surface area contributed by atoms with E-state index in [4.69, 9.17) is 0 Å². The second-order valence-electron chi connectivity index (χ2n) is 5.57. The molecule has 2 aromatic rings. The molecule has 1 aromatic heterocycles. The predicted octanol–water partition coefficient (Wildman–Crippen LogP) is 3.14. The van der Waals surface area contributed by atoms with E-state index >= 15 is 0 Å². The first-order chi connectivity index (χ1) is 10.9. The van der Waals surface area contributed by atoms with E-state index in [9.17, 15) is 18.3 Å². The van der Waals surface area contributed by atoms with Crippen LogP contribution < -0.4 is 0 Å². The molecule has 0 amide bonds. The molecule has 1 unspecified atom stereocenters. The van der Waals surface area contributed by atoms with Crippen LogP contribution in [0.3, 0.4) is 0 Å². The molecule has 124 valence electrons. The first kappa shape index (κ1) is 17.4. The number of aromatic nitrogens is 1. The third-order valence-electron chi connectivity index (χ3n) is 3.48. The Labute approximate surface area is 133 Å². The van der Waals surface area contributed by atoms with Crippen molar-refractivity contribution in [2.45, 2.75) is 25.2 Å². The summed E-state index contributed by atoms with van der Waals surface area (Å²) in [5, 5.41) is 10.1. The lowest BCUT2D eigenvalue weighted by Gasteiger charge is -2.21. The molecule has 0 bridgehead atoms. The number of hydrogen-bond acceptors (Lipinski definition) is 3. The quantitative estimate of drug-likeness (QED) is 0.887. The number of likely N-dealkylation sites (N-methyl/N-ethyl adjacent to an activating group) is 1. The maximum Gasteiger partial charge on any atom is 0.416 e. The van der Waals surface area contributed by atoms with Gasteiger partial charge in [0, 0.05) is 31.9 Å². The average Bonchev–Trinajstić information content (AvgIpc) is 2.47. The van der Waals surface area contributed by atoms with E-state index in [1.165, 1.54) is 12.1 Å². The highest BCUT2D eigenvalue weighted by atomic mass is 19.4. The lowest BCUT2D eigenvalue weighted by molar-refractivity contribution is -0.138. The molecule has 1 aromatic carbocycles. The Hall–Kier alpha value is -1.92. The zero-order valence-electron chi connectivity index (χ0n) is 12.8. The maximum atomic E-state index is 12.9. The van der Waals surface area contributed by atoms with Gasteiger partial charge in [-0.2, -0.15) is 13.2 Å². The van der Waals surface area contributed by atoms with E-state index in [1.807, 2.05) is 24.1 Å². The number of alkyl halides is 3. The molecule has 2 rings (SSSR count). The molecule has 1 heterocycles. The minimum atomic E-state index is -4.40. The number of benzene rings is 1. The van der Waals surface area contributed by atoms with Crippen LogP contribution in [-0.2, 0) is 19.1 Å². The number of pyridine rings is 1. The molecular weight excluding hydrogens is 305 g/mol. The van der Waals surface area contributed by atoms with Crippen LogP contribution in [0, 0.1) is 0 Å². The largest absolute Gasteiger partial charge is 0.416 e. The van der Waals surface area contributed by atoms with Gasteiger partial charge >= 0.3 is 6.18 Å². The van der Waals surface area contributed by atoms with Gasteiger partial charge in [-0.05, 0) is 30.3 Å².